The van der Waals surface area contributed by atoms with Crippen LogP contribution in [0.1, 0.15) is 5.76 Å². The highest BCUT2D eigenvalue weighted by molar-refractivity contribution is 8.26. The van der Waals surface area contributed by atoms with Crippen LogP contribution in [0.3, 0.4) is 0 Å². The van der Waals surface area contributed by atoms with E-state index in [1.807, 2.05) is 0 Å². The fourth-order valence-corrected chi connectivity index (χ4v) is 2.99. The molecule has 1 aromatic carbocycles. The number of carbonyl (C=O) groups excluding carboxylic acids is 1. The number of hydrogen-bond acceptors (Lipinski definition) is 4. The summed E-state index contributed by atoms with van der Waals surface area (Å²) >= 11 is 11.8. The van der Waals surface area contributed by atoms with Gasteiger partial charge in [0, 0.05) is 11.6 Å². The highest BCUT2D eigenvalue weighted by Gasteiger charge is 2.22. The SMILES string of the molecule is O=C1NC(=S)S/C1=C\c1ccc(-c2ccc(F)c(Cl)c2)o1. The van der Waals surface area contributed by atoms with Crippen LogP contribution in [0.5, 0.6) is 0 Å². The van der Waals surface area contributed by atoms with Gasteiger partial charge in [0.05, 0.1) is 9.93 Å². The van der Waals surface area contributed by atoms with Crippen LogP contribution < -0.4 is 5.32 Å². The van der Waals surface area contributed by atoms with Crippen molar-refractivity contribution in [2.45, 2.75) is 0 Å². The van der Waals surface area contributed by atoms with Crippen molar-refractivity contribution in [3.63, 3.8) is 0 Å². The summed E-state index contributed by atoms with van der Waals surface area (Å²) < 4.78 is 19.2. The van der Waals surface area contributed by atoms with Gasteiger partial charge in [-0.2, -0.15) is 0 Å². The second-order valence-electron chi connectivity index (χ2n) is 4.18. The van der Waals surface area contributed by atoms with Gasteiger partial charge in [0.1, 0.15) is 21.7 Å². The Bertz CT molecular complexity index is 785. The number of hydrogen-bond donors (Lipinski definition) is 1. The summed E-state index contributed by atoms with van der Waals surface area (Å²) in [5, 5.41) is 2.55. The van der Waals surface area contributed by atoms with Gasteiger partial charge in [-0.3, -0.25) is 4.79 Å². The van der Waals surface area contributed by atoms with Crippen molar-refractivity contribution in [2.75, 3.05) is 0 Å². The fraction of sp³-hybridized carbons (Fsp3) is 0. The molecule has 1 saturated heterocycles. The molecule has 0 spiro atoms. The first-order valence-electron chi connectivity index (χ1n) is 5.83. The molecule has 7 heteroatoms. The van der Waals surface area contributed by atoms with Crippen LogP contribution in [0.25, 0.3) is 17.4 Å². The Kier molecular flexibility index (Phi) is 3.84. The lowest BCUT2D eigenvalue weighted by molar-refractivity contribution is -0.115. The molecule has 0 radical (unpaired) electrons. The summed E-state index contributed by atoms with van der Waals surface area (Å²) in [6, 6.07) is 7.78. The van der Waals surface area contributed by atoms with Gasteiger partial charge in [0.2, 0.25) is 0 Å². The molecule has 0 aliphatic carbocycles. The summed E-state index contributed by atoms with van der Waals surface area (Å²) in [6.45, 7) is 0. The zero-order valence-electron chi connectivity index (χ0n) is 10.4. The van der Waals surface area contributed by atoms with Crippen molar-refractivity contribution in [3.05, 3.63) is 51.8 Å². The highest BCUT2D eigenvalue weighted by atomic mass is 35.5. The van der Waals surface area contributed by atoms with E-state index in [9.17, 15) is 9.18 Å². The predicted molar refractivity (Wildman–Crippen MR) is 85.4 cm³/mol. The largest absolute Gasteiger partial charge is 0.457 e. The van der Waals surface area contributed by atoms with Crippen molar-refractivity contribution in [1.29, 1.82) is 0 Å². The van der Waals surface area contributed by atoms with Crippen LogP contribution >= 0.6 is 35.6 Å². The second-order valence-corrected chi connectivity index (χ2v) is 6.31. The third-order valence-electron chi connectivity index (χ3n) is 2.75. The Hall–Kier alpha value is -1.63. The first kappa shape index (κ1) is 14.3. The van der Waals surface area contributed by atoms with Gasteiger partial charge in [0.25, 0.3) is 5.91 Å². The van der Waals surface area contributed by atoms with E-state index < -0.39 is 5.82 Å². The Morgan fingerprint density at radius 2 is 2.14 bits per heavy atom. The molecule has 1 aromatic heterocycles. The molecule has 0 unspecified atom stereocenters. The third kappa shape index (κ3) is 3.02. The number of thiocarbonyl (C=S) groups is 1. The monoisotopic (exact) mass is 339 g/mol. The first-order chi connectivity index (χ1) is 10.0. The zero-order chi connectivity index (χ0) is 15.0. The smallest absolute Gasteiger partial charge is 0.263 e. The molecule has 3 rings (SSSR count). The molecule has 1 N–H and O–H groups in total. The van der Waals surface area contributed by atoms with E-state index in [4.69, 9.17) is 28.2 Å². The summed E-state index contributed by atoms with van der Waals surface area (Å²) in [5.74, 6) is 0.317. The molecule has 2 heterocycles. The predicted octanol–water partition coefficient (Wildman–Crippen LogP) is 4.23. The Morgan fingerprint density at radius 3 is 2.81 bits per heavy atom. The summed E-state index contributed by atoms with van der Waals surface area (Å²) in [4.78, 5) is 12.0. The van der Waals surface area contributed by atoms with Gasteiger partial charge in [-0.05, 0) is 30.3 Å². The van der Waals surface area contributed by atoms with Crippen LogP contribution in [-0.2, 0) is 4.79 Å². The number of benzene rings is 1. The molecule has 2 aromatic rings. The van der Waals surface area contributed by atoms with E-state index in [2.05, 4.69) is 5.32 Å². The van der Waals surface area contributed by atoms with E-state index in [1.165, 1.54) is 23.9 Å². The maximum atomic E-state index is 13.1. The number of halogens is 2. The van der Waals surface area contributed by atoms with Crippen LogP contribution in [-0.4, -0.2) is 10.2 Å². The average Bonchev–Trinajstić information content (AvgIpc) is 3.01. The normalized spacial score (nSPS) is 16.6. The molecule has 1 aliphatic heterocycles. The van der Waals surface area contributed by atoms with Gasteiger partial charge in [-0.25, -0.2) is 4.39 Å². The summed E-state index contributed by atoms with van der Waals surface area (Å²) in [7, 11) is 0. The van der Waals surface area contributed by atoms with Gasteiger partial charge >= 0.3 is 0 Å². The number of amides is 1. The lowest BCUT2D eigenvalue weighted by Gasteiger charge is -1.98. The zero-order valence-corrected chi connectivity index (χ0v) is 12.7. The van der Waals surface area contributed by atoms with Gasteiger partial charge in [-0.1, -0.05) is 35.6 Å². The van der Waals surface area contributed by atoms with Crippen LogP contribution in [0.2, 0.25) is 5.02 Å². The summed E-state index contributed by atoms with van der Waals surface area (Å²) in [5.41, 5.74) is 0.657. The van der Waals surface area contributed by atoms with E-state index >= 15 is 0 Å². The second kappa shape index (κ2) is 5.63. The molecule has 0 atom stereocenters. The van der Waals surface area contributed by atoms with Crippen molar-refractivity contribution in [1.82, 2.24) is 5.32 Å². The third-order valence-corrected chi connectivity index (χ3v) is 4.20. The van der Waals surface area contributed by atoms with Crippen LogP contribution in [0.4, 0.5) is 4.39 Å². The molecule has 0 bridgehead atoms. The molecule has 0 saturated carbocycles. The number of rotatable bonds is 2. The lowest BCUT2D eigenvalue weighted by Crippen LogP contribution is -2.17. The van der Waals surface area contributed by atoms with Crippen LogP contribution in [0, 0.1) is 5.82 Å². The van der Waals surface area contributed by atoms with Gasteiger partial charge in [0.15, 0.2) is 0 Å². The standard InChI is InChI=1S/C14H7ClFNO2S2/c15-9-5-7(1-3-10(9)16)11-4-2-8(19-11)6-12-13(18)17-14(20)21-12/h1-6H,(H,17,18,20)/b12-6-. The molecule has 106 valence electrons. The van der Waals surface area contributed by atoms with E-state index in [-0.39, 0.29) is 10.9 Å². The summed E-state index contributed by atoms with van der Waals surface area (Å²) in [6.07, 6.45) is 1.61. The number of thioether (sulfide) groups is 1. The lowest BCUT2D eigenvalue weighted by atomic mass is 10.2. The van der Waals surface area contributed by atoms with Crippen molar-refractivity contribution >= 4 is 51.9 Å². The molecule has 1 amide bonds. The Morgan fingerprint density at radius 1 is 1.33 bits per heavy atom. The topological polar surface area (TPSA) is 42.2 Å². The Labute approximate surface area is 134 Å². The molecular weight excluding hydrogens is 333 g/mol. The van der Waals surface area contributed by atoms with Gasteiger partial charge < -0.3 is 9.73 Å². The van der Waals surface area contributed by atoms with Crippen molar-refractivity contribution < 1.29 is 13.6 Å². The minimum Gasteiger partial charge on any atom is -0.457 e. The highest BCUT2D eigenvalue weighted by Crippen LogP contribution is 2.30. The minimum atomic E-state index is -0.484. The molecule has 1 fully saturated rings. The fourth-order valence-electron chi connectivity index (χ4n) is 1.79. The van der Waals surface area contributed by atoms with E-state index in [0.717, 1.165) is 0 Å². The minimum absolute atomic E-state index is 0.0277. The average molecular weight is 340 g/mol. The maximum absolute atomic E-state index is 13.1. The quantitative estimate of drug-likeness (QED) is 0.657. The van der Waals surface area contributed by atoms with Crippen LogP contribution in [0.15, 0.2) is 39.7 Å². The first-order valence-corrected chi connectivity index (χ1v) is 7.43. The van der Waals surface area contributed by atoms with E-state index in [0.29, 0.717) is 26.3 Å². The molecule has 3 nitrogen and oxygen atoms in total. The molecule has 1 aliphatic rings. The van der Waals surface area contributed by atoms with Gasteiger partial charge in [-0.15, -0.1) is 0 Å². The molecular formula is C14H7ClFNO2S2. The number of carbonyl (C=O) groups is 1. The number of furan rings is 1. The van der Waals surface area contributed by atoms with Crippen molar-refractivity contribution in [3.8, 4) is 11.3 Å². The number of nitrogens with one attached hydrogen (secondary N) is 1. The molecule has 21 heavy (non-hydrogen) atoms. The Balaban J connectivity index is 1.90. The van der Waals surface area contributed by atoms with E-state index in [1.54, 1.807) is 24.3 Å². The maximum Gasteiger partial charge on any atom is 0.263 e. The van der Waals surface area contributed by atoms with Crippen molar-refractivity contribution in [2.24, 2.45) is 0 Å².